The topological polar surface area (TPSA) is 98.7 Å². The summed E-state index contributed by atoms with van der Waals surface area (Å²) in [5, 5.41) is 14.5. The Morgan fingerprint density at radius 1 is 1.25 bits per heavy atom. The number of nitrogens with one attached hydrogen (secondary N) is 2. The lowest BCUT2D eigenvalue weighted by Gasteiger charge is -2.26. The zero-order valence-electron chi connectivity index (χ0n) is 12.7. The Bertz CT molecular complexity index is 360. The lowest BCUT2D eigenvalue weighted by Crippen LogP contribution is -2.53. The van der Waals surface area contributed by atoms with Gasteiger partial charge in [0.15, 0.2) is 0 Å². The smallest absolute Gasteiger partial charge is 0.323 e. The maximum absolute atomic E-state index is 11.8. The standard InChI is InChI=1S/C13H25N3O4/c1-5-7-14-10(17)9-16(4)11(18)8-15-13(3,6-2)12(19)20/h15H,5-9H2,1-4H3,(H,14,17)(H,19,20). The second-order valence-corrected chi connectivity index (χ2v) is 4.94. The molecule has 3 N–H and O–H groups in total. The van der Waals surface area contributed by atoms with E-state index in [2.05, 4.69) is 10.6 Å². The van der Waals surface area contributed by atoms with Gasteiger partial charge in [-0.05, 0) is 19.8 Å². The number of hydrogen-bond acceptors (Lipinski definition) is 4. The van der Waals surface area contributed by atoms with E-state index in [4.69, 9.17) is 5.11 Å². The first kappa shape index (κ1) is 18.4. The monoisotopic (exact) mass is 287 g/mol. The predicted molar refractivity (Wildman–Crippen MR) is 75.3 cm³/mol. The van der Waals surface area contributed by atoms with Gasteiger partial charge in [-0.3, -0.25) is 19.7 Å². The minimum absolute atomic E-state index is 0.0313. The van der Waals surface area contributed by atoms with Gasteiger partial charge >= 0.3 is 5.97 Å². The van der Waals surface area contributed by atoms with Crippen molar-refractivity contribution in [3.63, 3.8) is 0 Å². The zero-order valence-corrected chi connectivity index (χ0v) is 12.7. The lowest BCUT2D eigenvalue weighted by molar-refractivity contribution is -0.145. The number of aliphatic carboxylic acids is 1. The average Bonchev–Trinajstić information content (AvgIpc) is 2.41. The van der Waals surface area contributed by atoms with E-state index in [0.717, 1.165) is 6.42 Å². The molecule has 7 heteroatoms. The molecule has 0 aliphatic rings. The van der Waals surface area contributed by atoms with Gasteiger partial charge in [0, 0.05) is 13.6 Å². The van der Waals surface area contributed by atoms with Gasteiger partial charge in [0.1, 0.15) is 5.54 Å². The summed E-state index contributed by atoms with van der Waals surface area (Å²) in [7, 11) is 1.51. The van der Waals surface area contributed by atoms with E-state index in [-0.39, 0.29) is 24.9 Å². The molecule has 0 saturated carbocycles. The molecule has 7 nitrogen and oxygen atoms in total. The molecule has 1 unspecified atom stereocenters. The Morgan fingerprint density at radius 2 is 1.85 bits per heavy atom. The lowest BCUT2D eigenvalue weighted by atomic mass is 9.99. The molecule has 0 aromatic rings. The first-order valence-electron chi connectivity index (χ1n) is 6.76. The number of likely N-dealkylation sites (N-methyl/N-ethyl adjacent to an activating group) is 1. The number of hydrogen-bond donors (Lipinski definition) is 3. The Morgan fingerprint density at radius 3 is 2.30 bits per heavy atom. The molecule has 0 heterocycles. The second kappa shape index (κ2) is 8.52. The van der Waals surface area contributed by atoms with Crippen LogP contribution in [0.15, 0.2) is 0 Å². The van der Waals surface area contributed by atoms with Crippen molar-refractivity contribution in [1.82, 2.24) is 15.5 Å². The Kier molecular flexibility index (Phi) is 7.83. The quantitative estimate of drug-likeness (QED) is 0.546. The van der Waals surface area contributed by atoms with Crippen molar-refractivity contribution in [2.24, 2.45) is 0 Å². The molecule has 0 fully saturated rings. The molecule has 0 aliphatic carbocycles. The maximum Gasteiger partial charge on any atom is 0.323 e. The van der Waals surface area contributed by atoms with E-state index in [1.165, 1.54) is 18.9 Å². The van der Waals surface area contributed by atoms with Gasteiger partial charge < -0.3 is 15.3 Å². The summed E-state index contributed by atoms with van der Waals surface area (Å²) >= 11 is 0. The van der Waals surface area contributed by atoms with Gasteiger partial charge in [-0.25, -0.2) is 0 Å². The van der Waals surface area contributed by atoms with Crippen molar-refractivity contribution in [2.45, 2.75) is 39.2 Å². The molecule has 0 saturated heterocycles. The molecule has 1 atom stereocenters. The van der Waals surface area contributed by atoms with E-state index in [0.29, 0.717) is 13.0 Å². The predicted octanol–water partition coefficient (Wildman–Crippen LogP) is -0.186. The third-order valence-corrected chi connectivity index (χ3v) is 3.19. The Labute approximate surface area is 119 Å². The van der Waals surface area contributed by atoms with Gasteiger partial charge in [-0.1, -0.05) is 13.8 Å². The zero-order chi connectivity index (χ0) is 15.8. The van der Waals surface area contributed by atoms with Crippen LogP contribution < -0.4 is 10.6 Å². The summed E-state index contributed by atoms with van der Waals surface area (Å²) in [6, 6.07) is 0. The van der Waals surface area contributed by atoms with E-state index in [9.17, 15) is 14.4 Å². The molecule has 20 heavy (non-hydrogen) atoms. The molecule has 0 rings (SSSR count). The SMILES string of the molecule is CCCNC(=O)CN(C)C(=O)CNC(C)(CC)C(=O)O. The summed E-state index contributed by atoms with van der Waals surface area (Å²) in [4.78, 5) is 35.6. The van der Waals surface area contributed by atoms with Crippen LogP contribution in [0.5, 0.6) is 0 Å². The van der Waals surface area contributed by atoms with Crippen LogP contribution in [0.2, 0.25) is 0 Å². The van der Waals surface area contributed by atoms with Crippen molar-refractivity contribution >= 4 is 17.8 Å². The highest BCUT2D eigenvalue weighted by Gasteiger charge is 2.31. The molecule has 0 aromatic heterocycles. The van der Waals surface area contributed by atoms with Crippen LogP contribution in [-0.4, -0.2) is 60.0 Å². The number of carbonyl (C=O) groups excluding carboxylic acids is 2. The first-order chi connectivity index (χ1) is 9.26. The van der Waals surface area contributed by atoms with E-state index in [1.807, 2.05) is 6.92 Å². The van der Waals surface area contributed by atoms with E-state index < -0.39 is 11.5 Å². The maximum atomic E-state index is 11.8. The highest BCUT2D eigenvalue weighted by molar-refractivity contribution is 5.86. The minimum Gasteiger partial charge on any atom is -0.480 e. The Balaban J connectivity index is 4.27. The summed E-state index contributed by atoms with van der Waals surface area (Å²) in [6.07, 6.45) is 1.19. The largest absolute Gasteiger partial charge is 0.480 e. The van der Waals surface area contributed by atoms with Crippen molar-refractivity contribution < 1.29 is 19.5 Å². The van der Waals surface area contributed by atoms with Crippen LogP contribution in [-0.2, 0) is 14.4 Å². The van der Waals surface area contributed by atoms with Crippen LogP contribution in [0.25, 0.3) is 0 Å². The average molecular weight is 287 g/mol. The summed E-state index contributed by atoms with van der Waals surface area (Å²) in [5.41, 5.74) is -1.14. The fraction of sp³-hybridized carbons (Fsp3) is 0.769. The van der Waals surface area contributed by atoms with Gasteiger partial charge in [-0.2, -0.15) is 0 Å². The molecular weight excluding hydrogens is 262 g/mol. The fourth-order valence-corrected chi connectivity index (χ4v) is 1.38. The number of amides is 2. The van der Waals surface area contributed by atoms with Crippen LogP contribution in [0.3, 0.4) is 0 Å². The van der Waals surface area contributed by atoms with Crippen molar-refractivity contribution in [1.29, 1.82) is 0 Å². The van der Waals surface area contributed by atoms with Gasteiger partial charge in [0.2, 0.25) is 11.8 Å². The van der Waals surface area contributed by atoms with Crippen molar-refractivity contribution in [3.8, 4) is 0 Å². The summed E-state index contributed by atoms with van der Waals surface area (Å²) in [5.74, 6) is -1.55. The highest BCUT2D eigenvalue weighted by Crippen LogP contribution is 2.08. The number of nitrogens with zero attached hydrogens (tertiary/aromatic N) is 1. The number of carboxylic acids is 1. The van der Waals surface area contributed by atoms with Crippen molar-refractivity contribution in [2.75, 3.05) is 26.7 Å². The number of carbonyl (C=O) groups is 3. The molecule has 0 aliphatic heterocycles. The third-order valence-electron chi connectivity index (χ3n) is 3.19. The van der Waals surface area contributed by atoms with Gasteiger partial charge in [0.25, 0.3) is 0 Å². The van der Waals surface area contributed by atoms with E-state index in [1.54, 1.807) is 6.92 Å². The second-order valence-electron chi connectivity index (χ2n) is 4.94. The molecule has 2 amide bonds. The molecular formula is C13H25N3O4. The van der Waals surface area contributed by atoms with Crippen LogP contribution in [0, 0.1) is 0 Å². The summed E-state index contributed by atoms with van der Waals surface area (Å²) < 4.78 is 0. The fourth-order valence-electron chi connectivity index (χ4n) is 1.38. The van der Waals surface area contributed by atoms with Crippen LogP contribution in [0.1, 0.15) is 33.6 Å². The normalized spacial score (nSPS) is 13.4. The number of carboxylic acid groups (broad SMARTS) is 1. The van der Waals surface area contributed by atoms with Crippen LogP contribution >= 0.6 is 0 Å². The molecule has 0 spiro atoms. The number of rotatable bonds is 9. The van der Waals surface area contributed by atoms with Crippen molar-refractivity contribution in [3.05, 3.63) is 0 Å². The van der Waals surface area contributed by atoms with Gasteiger partial charge in [-0.15, -0.1) is 0 Å². The first-order valence-corrected chi connectivity index (χ1v) is 6.76. The van der Waals surface area contributed by atoms with Crippen LogP contribution in [0.4, 0.5) is 0 Å². The molecule has 0 radical (unpaired) electrons. The molecule has 116 valence electrons. The highest BCUT2D eigenvalue weighted by atomic mass is 16.4. The summed E-state index contributed by atoms with van der Waals surface area (Å²) in [6.45, 7) is 5.62. The minimum atomic E-state index is -1.14. The molecule has 0 aromatic carbocycles. The Hall–Kier alpha value is -1.63. The third kappa shape index (κ3) is 6.01. The van der Waals surface area contributed by atoms with Gasteiger partial charge in [0.05, 0.1) is 13.1 Å². The van der Waals surface area contributed by atoms with E-state index >= 15 is 0 Å². The molecule has 0 bridgehead atoms.